The van der Waals surface area contributed by atoms with Gasteiger partial charge in [0.2, 0.25) is 0 Å². The van der Waals surface area contributed by atoms with E-state index in [0.29, 0.717) is 6.42 Å². The number of rotatable bonds is 4. The molecule has 0 bridgehead atoms. The van der Waals surface area contributed by atoms with Crippen LogP contribution in [0, 0.1) is 5.82 Å². The number of hydrogen-bond donors (Lipinski definition) is 3. The summed E-state index contributed by atoms with van der Waals surface area (Å²) in [6, 6.07) is 11.9. The Labute approximate surface area is 201 Å². The molecule has 2 aromatic heterocycles. The van der Waals surface area contributed by atoms with Crippen molar-refractivity contribution < 1.29 is 32.3 Å². The SMILES string of the molecule is O=C(N[C@@H]1c2ccccc2C[C@@H]1O)c1ccc(F)c(NC(=O)c2cnc3ccc(C(F)(F)F)cn23)c1. The topological polar surface area (TPSA) is 95.7 Å². The highest BCUT2D eigenvalue weighted by Gasteiger charge is 2.33. The van der Waals surface area contributed by atoms with Gasteiger partial charge in [-0.25, -0.2) is 9.37 Å². The predicted molar refractivity (Wildman–Crippen MR) is 121 cm³/mol. The van der Waals surface area contributed by atoms with Gasteiger partial charge in [-0.1, -0.05) is 24.3 Å². The summed E-state index contributed by atoms with van der Waals surface area (Å²) in [6.45, 7) is 0. The third-order valence-corrected chi connectivity index (χ3v) is 6.03. The maximum Gasteiger partial charge on any atom is 0.417 e. The molecule has 2 amide bonds. The largest absolute Gasteiger partial charge is 0.417 e. The number of amides is 2. The first-order valence-electron chi connectivity index (χ1n) is 10.8. The number of benzene rings is 2. The Morgan fingerprint density at radius 1 is 1.06 bits per heavy atom. The van der Waals surface area contributed by atoms with E-state index in [0.717, 1.165) is 52.2 Å². The van der Waals surface area contributed by atoms with Gasteiger partial charge in [0, 0.05) is 18.2 Å². The van der Waals surface area contributed by atoms with Crippen molar-refractivity contribution in [1.29, 1.82) is 0 Å². The van der Waals surface area contributed by atoms with Crippen LogP contribution in [0.5, 0.6) is 0 Å². The molecule has 4 aromatic rings. The van der Waals surface area contributed by atoms with E-state index in [2.05, 4.69) is 15.6 Å². The van der Waals surface area contributed by atoms with Crippen LogP contribution in [0.25, 0.3) is 5.65 Å². The summed E-state index contributed by atoms with van der Waals surface area (Å²) in [5, 5.41) is 15.4. The minimum Gasteiger partial charge on any atom is -0.390 e. The van der Waals surface area contributed by atoms with Crippen molar-refractivity contribution in [3.63, 3.8) is 0 Å². The molecule has 0 spiro atoms. The van der Waals surface area contributed by atoms with Crippen molar-refractivity contribution in [3.8, 4) is 0 Å². The summed E-state index contributed by atoms with van der Waals surface area (Å²) in [7, 11) is 0. The first-order valence-corrected chi connectivity index (χ1v) is 10.8. The van der Waals surface area contributed by atoms with E-state index in [-0.39, 0.29) is 22.6 Å². The molecule has 0 aliphatic heterocycles. The van der Waals surface area contributed by atoms with Gasteiger partial charge in [-0.05, 0) is 41.5 Å². The third-order valence-electron chi connectivity index (χ3n) is 6.03. The van der Waals surface area contributed by atoms with Gasteiger partial charge in [0.25, 0.3) is 11.8 Å². The van der Waals surface area contributed by atoms with Gasteiger partial charge in [-0.2, -0.15) is 13.2 Å². The number of fused-ring (bicyclic) bond motifs is 2. The fourth-order valence-electron chi connectivity index (χ4n) is 4.24. The molecule has 2 aromatic carbocycles. The van der Waals surface area contributed by atoms with E-state index >= 15 is 0 Å². The predicted octanol–water partition coefficient (Wildman–Crippen LogP) is 4.13. The van der Waals surface area contributed by atoms with Crippen LogP contribution in [0.3, 0.4) is 0 Å². The zero-order valence-electron chi connectivity index (χ0n) is 18.4. The van der Waals surface area contributed by atoms with Crippen molar-refractivity contribution in [2.45, 2.75) is 24.7 Å². The zero-order valence-corrected chi connectivity index (χ0v) is 18.4. The number of nitrogens with zero attached hydrogens (tertiary/aromatic N) is 2. The molecule has 184 valence electrons. The van der Waals surface area contributed by atoms with Gasteiger partial charge in [0.15, 0.2) is 0 Å². The van der Waals surface area contributed by atoms with Crippen LogP contribution < -0.4 is 10.6 Å². The summed E-state index contributed by atoms with van der Waals surface area (Å²) in [5.41, 5.74) is 0.211. The molecule has 0 saturated heterocycles. The molecule has 0 fully saturated rings. The molecule has 5 rings (SSSR count). The number of hydrogen-bond acceptors (Lipinski definition) is 4. The minimum absolute atomic E-state index is 0.0146. The maximum atomic E-state index is 14.5. The van der Waals surface area contributed by atoms with Crippen molar-refractivity contribution in [2.75, 3.05) is 5.32 Å². The number of halogens is 4. The number of carbonyl (C=O) groups excluding carboxylic acids is 2. The van der Waals surface area contributed by atoms with E-state index in [1.807, 2.05) is 12.1 Å². The van der Waals surface area contributed by atoms with Crippen LogP contribution in [-0.4, -0.2) is 32.4 Å². The second-order valence-electron chi connectivity index (χ2n) is 8.36. The van der Waals surface area contributed by atoms with Crippen molar-refractivity contribution in [3.05, 3.63) is 101 Å². The van der Waals surface area contributed by atoms with Gasteiger partial charge in [-0.15, -0.1) is 0 Å². The Morgan fingerprint density at radius 3 is 2.61 bits per heavy atom. The standard InChI is InChI=1S/C25H18F4N4O3/c26-17-7-5-14(23(35)32-22-16-4-2-1-3-13(16)10-20(22)34)9-18(17)31-24(36)19-11-30-21-8-6-15(12-33(19)21)25(27,28)29/h1-9,11-12,20,22,34H,10H2,(H,31,36)(H,32,35)/t20-,22+/m0/s1. The lowest BCUT2D eigenvalue weighted by Gasteiger charge is -2.18. The molecule has 36 heavy (non-hydrogen) atoms. The smallest absolute Gasteiger partial charge is 0.390 e. The maximum absolute atomic E-state index is 14.5. The lowest BCUT2D eigenvalue weighted by molar-refractivity contribution is -0.137. The Balaban J connectivity index is 1.38. The fourth-order valence-corrected chi connectivity index (χ4v) is 4.24. The Morgan fingerprint density at radius 2 is 1.83 bits per heavy atom. The molecule has 11 heteroatoms. The number of aliphatic hydroxyl groups is 1. The van der Waals surface area contributed by atoms with Crippen molar-refractivity contribution >= 4 is 23.1 Å². The first kappa shape index (κ1) is 23.5. The molecule has 7 nitrogen and oxygen atoms in total. The van der Waals surface area contributed by atoms with Crippen LogP contribution in [0.2, 0.25) is 0 Å². The highest BCUT2D eigenvalue weighted by molar-refractivity contribution is 6.04. The number of alkyl halides is 3. The number of carbonyl (C=O) groups is 2. The van der Waals surface area contributed by atoms with Crippen LogP contribution >= 0.6 is 0 Å². The number of aliphatic hydroxyl groups excluding tert-OH is 1. The van der Waals surface area contributed by atoms with Gasteiger partial charge in [-0.3, -0.25) is 14.0 Å². The minimum atomic E-state index is -4.63. The Kier molecular flexibility index (Phi) is 5.71. The van der Waals surface area contributed by atoms with Gasteiger partial charge in [0.1, 0.15) is 17.2 Å². The number of aromatic nitrogens is 2. The van der Waals surface area contributed by atoms with E-state index in [1.165, 1.54) is 6.07 Å². The van der Waals surface area contributed by atoms with Crippen molar-refractivity contribution in [2.24, 2.45) is 0 Å². The summed E-state index contributed by atoms with van der Waals surface area (Å²) >= 11 is 0. The summed E-state index contributed by atoms with van der Waals surface area (Å²) in [5.74, 6) is -2.37. The van der Waals surface area contributed by atoms with E-state index < -0.39 is 41.5 Å². The second-order valence-corrected chi connectivity index (χ2v) is 8.36. The molecular formula is C25H18F4N4O3. The number of nitrogens with one attached hydrogen (secondary N) is 2. The summed E-state index contributed by atoms with van der Waals surface area (Å²) in [6.07, 6.45) is -3.29. The average Bonchev–Trinajstić information content (AvgIpc) is 3.40. The fraction of sp³-hybridized carbons (Fsp3) is 0.160. The quantitative estimate of drug-likeness (QED) is 0.369. The second kappa shape index (κ2) is 8.76. The molecule has 1 aliphatic rings. The van der Waals surface area contributed by atoms with E-state index in [9.17, 15) is 32.3 Å². The lowest BCUT2D eigenvalue weighted by Crippen LogP contribution is -2.34. The normalized spacial score (nSPS) is 17.1. The van der Waals surface area contributed by atoms with Crippen LogP contribution in [0.15, 0.2) is 67.0 Å². The zero-order chi connectivity index (χ0) is 25.6. The molecule has 0 radical (unpaired) electrons. The highest BCUT2D eigenvalue weighted by Crippen LogP contribution is 2.32. The average molecular weight is 498 g/mol. The van der Waals surface area contributed by atoms with E-state index in [4.69, 9.17) is 0 Å². The highest BCUT2D eigenvalue weighted by atomic mass is 19.4. The van der Waals surface area contributed by atoms with Crippen LogP contribution in [0.1, 0.15) is 43.6 Å². The molecule has 0 saturated carbocycles. The Bertz CT molecular complexity index is 1500. The summed E-state index contributed by atoms with van der Waals surface area (Å²) < 4.78 is 54.7. The van der Waals surface area contributed by atoms with Gasteiger partial charge < -0.3 is 15.7 Å². The molecule has 2 atom stereocenters. The van der Waals surface area contributed by atoms with Gasteiger partial charge in [0.05, 0.1) is 29.6 Å². The third kappa shape index (κ3) is 4.29. The van der Waals surface area contributed by atoms with Crippen LogP contribution in [-0.2, 0) is 12.6 Å². The Hall–Kier alpha value is -4.25. The van der Waals surface area contributed by atoms with E-state index in [1.54, 1.807) is 12.1 Å². The molecule has 1 aliphatic carbocycles. The molecule has 0 unspecified atom stereocenters. The van der Waals surface area contributed by atoms with Gasteiger partial charge >= 0.3 is 6.18 Å². The lowest BCUT2D eigenvalue weighted by atomic mass is 10.1. The summed E-state index contributed by atoms with van der Waals surface area (Å²) in [4.78, 5) is 29.6. The number of imidazole rings is 1. The number of pyridine rings is 1. The molecule has 2 heterocycles. The van der Waals surface area contributed by atoms with Crippen molar-refractivity contribution in [1.82, 2.24) is 14.7 Å². The first-order chi connectivity index (χ1) is 17.1. The van der Waals surface area contributed by atoms with Crippen LogP contribution in [0.4, 0.5) is 23.2 Å². The molecular weight excluding hydrogens is 480 g/mol. The monoisotopic (exact) mass is 498 g/mol. The molecule has 3 N–H and O–H groups in total. The number of anilines is 1.